The normalized spacial score (nSPS) is 19.5. The van der Waals surface area contributed by atoms with Gasteiger partial charge in [-0.3, -0.25) is 0 Å². The molecule has 170 valence electrons. The molecule has 0 aromatic heterocycles. The maximum absolute atomic E-state index is 14.7. The van der Waals surface area contributed by atoms with Gasteiger partial charge in [-0.05, 0) is 85.3 Å². The Bertz CT molecular complexity index is 799. The molecule has 0 atom stereocenters. The highest BCUT2D eigenvalue weighted by atomic mass is 19.4. The van der Waals surface area contributed by atoms with Gasteiger partial charge in [-0.25, -0.2) is 4.39 Å². The second-order valence-electron chi connectivity index (χ2n) is 9.11. The van der Waals surface area contributed by atoms with E-state index in [4.69, 9.17) is 0 Å². The molecule has 4 heteroatoms. The van der Waals surface area contributed by atoms with Crippen LogP contribution in [0.5, 0.6) is 0 Å². The van der Waals surface area contributed by atoms with Crippen molar-refractivity contribution in [2.75, 3.05) is 0 Å². The van der Waals surface area contributed by atoms with Crippen LogP contribution in [-0.2, 0) is 19.0 Å². The van der Waals surface area contributed by atoms with Crippen LogP contribution >= 0.6 is 0 Å². The first-order valence-electron chi connectivity index (χ1n) is 11.8. The fraction of sp³-hybridized carbons (Fsp3) is 0.556. The van der Waals surface area contributed by atoms with Crippen LogP contribution in [0.4, 0.5) is 17.6 Å². The topological polar surface area (TPSA) is 0 Å². The molecule has 2 aromatic carbocycles. The van der Waals surface area contributed by atoms with Crippen LogP contribution in [-0.4, -0.2) is 0 Å². The molecular weight excluding hydrogens is 400 g/mol. The molecule has 31 heavy (non-hydrogen) atoms. The molecule has 0 bridgehead atoms. The van der Waals surface area contributed by atoms with Gasteiger partial charge in [0.15, 0.2) is 0 Å². The molecule has 0 radical (unpaired) electrons. The van der Waals surface area contributed by atoms with Crippen molar-refractivity contribution in [2.24, 2.45) is 5.92 Å². The summed E-state index contributed by atoms with van der Waals surface area (Å²) in [5.41, 5.74) is 1.87. The van der Waals surface area contributed by atoms with Gasteiger partial charge < -0.3 is 0 Å². The number of alkyl halides is 3. The SMILES string of the molecule is CCCCCCC1CCC(c2ccc(CCc3ccc(C(F)(F)F)cc3)c(F)c2)CC1. The average molecular weight is 435 g/mol. The number of halogens is 4. The van der Waals surface area contributed by atoms with Crippen LogP contribution in [0.15, 0.2) is 42.5 Å². The van der Waals surface area contributed by atoms with Crippen molar-refractivity contribution in [1.29, 1.82) is 0 Å². The number of unbranched alkanes of at least 4 members (excludes halogenated alkanes) is 3. The zero-order valence-corrected chi connectivity index (χ0v) is 18.5. The Morgan fingerprint density at radius 3 is 2.16 bits per heavy atom. The van der Waals surface area contributed by atoms with Gasteiger partial charge in [0.2, 0.25) is 0 Å². The third kappa shape index (κ3) is 7.08. The lowest BCUT2D eigenvalue weighted by Gasteiger charge is -2.29. The van der Waals surface area contributed by atoms with Crippen LogP contribution in [0.3, 0.4) is 0 Å². The van der Waals surface area contributed by atoms with E-state index in [-0.39, 0.29) is 5.82 Å². The third-order valence-electron chi connectivity index (χ3n) is 6.83. The molecule has 1 fully saturated rings. The van der Waals surface area contributed by atoms with E-state index < -0.39 is 11.7 Å². The quantitative estimate of drug-likeness (QED) is 0.273. The molecule has 1 saturated carbocycles. The first-order chi connectivity index (χ1) is 14.9. The smallest absolute Gasteiger partial charge is 0.207 e. The van der Waals surface area contributed by atoms with E-state index in [1.807, 2.05) is 6.07 Å². The van der Waals surface area contributed by atoms with Gasteiger partial charge in [0.05, 0.1) is 5.56 Å². The van der Waals surface area contributed by atoms with E-state index in [0.29, 0.717) is 24.3 Å². The van der Waals surface area contributed by atoms with Crippen molar-refractivity contribution in [3.8, 4) is 0 Å². The first-order valence-corrected chi connectivity index (χ1v) is 11.8. The maximum atomic E-state index is 14.7. The maximum Gasteiger partial charge on any atom is 0.416 e. The molecule has 0 amide bonds. The van der Waals surface area contributed by atoms with Gasteiger partial charge in [0.25, 0.3) is 0 Å². The zero-order valence-electron chi connectivity index (χ0n) is 18.5. The fourth-order valence-electron chi connectivity index (χ4n) is 4.80. The molecule has 3 rings (SSSR count). The lowest BCUT2D eigenvalue weighted by molar-refractivity contribution is -0.137. The van der Waals surface area contributed by atoms with Crippen LogP contribution < -0.4 is 0 Å². The summed E-state index contributed by atoms with van der Waals surface area (Å²) in [7, 11) is 0. The van der Waals surface area contributed by atoms with Crippen LogP contribution in [0.25, 0.3) is 0 Å². The van der Waals surface area contributed by atoms with E-state index in [1.54, 1.807) is 6.07 Å². The molecule has 0 unspecified atom stereocenters. The van der Waals surface area contributed by atoms with Crippen molar-refractivity contribution < 1.29 is 17.6 Å². The molecular formula is C27H34F4. The van der Waals surface area contributed by atoms with Crippen LogP contribution in [0, 0.1) is 11.7 Å². The summed E-state index contributed by atoms with van der Waals surface area (Å²) in [5, 5.41) is 0. The van der Waals surface area contributed by atoms with Crippen molar-refractivity contribution >= 4 is 0 Å². The van der Waals surface area contributed by atoms with Gasteiger partial charge in [-0.1, -0.05) is 63.3 Å². The van der Waals surface area contributed by atoms with Gasteiger partial charge in [0, 0.05) is 0 Å². The number of benzene rings is 2. The van der Waals surface area contributed by atoms with Gasteiger partial charge in [-0.2, -0.15) is 13.2 Å². The minimum Gasteiger partial charge on any atom is -0.207 e. The molecule has 2 aromatic rings. The van der Waals surface area contributed by atoms with E-state index >= 15 is 0 Å². The lowest BCUT2D eigenvalue weighted by atomic mass is 9.77. The van der Waals surface area contributed by atoms with Gasteiger partial charge in [-0.15, -0.1) is 0 Å². The Morgan fingerprint density at radius 1 is 0.839 bits per heavy atom. The second-order valence-corrected chi connectivity index (χ2v) is 9.11. The number of rotatable bonds is 9. The van der Waals surface area contributed by atoms with Crippen LogP contribution in [0.2, 0.25) is 0 Å². The summed E-state index contributed by atoms with van der Waals surface area (Å²) >= 11 is 0. The van der Waals surface area contributed by atoms with Gasteiger partial charge in [0.1, 0.15) is 5.82 Å². The first kappa shape index (κ1) is 23.8. The second kappa shape index (κ2) is 11.2. The van der Waals surface area contributed by atoms with Crippen LogP contribution in [0.1, 0.15) is 92.9 Å². The highest BCUT2D eigenvalue weighted by Crippen LogP contribution is 2.38. The molecule has 0 saturated heterocycles. The number of aryl methyl sites for hydroxylation is 2. The summed E-state index contributed by atoms with van der Waals surface area (Å²) < 4.78 is 52.7. The number of hydrogen-bond donors (Lipinski definition) is 0. The molecule has 0 nitrogen and oxygen atoms in total. The predicted molar refractivity (Wildman–Crippen MR) is 119 cm³/mol. The summed E-state index contributed by atoms with van der Waals surface area (Å²) in [5.74, 6) is 1.09. The van der Waals surface area contributed by atoms with Crippen molar-refractivity contribution in [3.05, 3.63) is 70.5 Å². The van der Waals surface area contributed by atoms with Crippen molar-refractivity contribution in [3.63, 3.8) is 0 Å². The van der Waals surface area contributed by atoms with E-state index in [0.717, 1.165) is 42.0 Å². The minimum atomic E-state index is -4.32. The summed E-state index contributed by atoms with van der Waals surface area (Å²) in [6.07, 6.45) is 8.09. The third-order valence-corrected chi connectivity index (χ3v) is 6.83. The Balaban J connectivity index is 1.49. The van der Waals surface area contributed by atoms with E-state index in [2.05, 4.69) is 13.0 Å². The predicted octanol–water partition coefficient (Wildman–Crippen LogP) is 8.87. The molecule has 0 N–H and O–H groups in total. The summed E-state index contributed by atoms with van der Waals surface area (Å²) in [6, 6.07) is 10.8. The Kier molecular flexibility index (Phi) is 8.57. The molecule has 1 aliphatic carbocycles. The Morgan fingerprint density at radius 2 is 1.55 bits per heavy atom. The number of hydrogen-bond acceptors (Lipinski definition) is 0. The molecule has 0 spiro atoms. The lowest BCUT2D eigenvalue weighted by Crippen LogP contribution is -2.13. The highest BCUT2D eigenvalue weighted by molar-refractivity contribution is 5.29. The van der Waals surface area contributed by atoms with Crippen molar-refractivity contribution in [2.45, 2.75) is 89.6 Å². The molecule has 0 aliphatic heterocycles. The summed E-state index contributed by atoms with van der Waals surface area (Å²) in [6.45, 7) is 2.24. The van der Waals surface area contributed by atoms with E-state index in [1.165, 1.54) is 57.1 Å². The monoisotopic (exact) mass is 434 g/mol. The minimum absolute atomic E-state index is 0.189. The van der Waals surface area contributed by atoms with Crippen molar-refractivity contribution in [1.82, 2.24) is 0 Å². The average Bonchev–Trinajstić information content (AvgIpc) is 2.76. The van der Waals surface area contributed by atoms with Gasteiger partial charge >= 0.3 is 6.18 Å². The standard InChI is InChI=1S/C27H34F4/c1-2-3-4-5-6-20-7-12-22(13-8-20)24-16-15-23(26(28)19-24)14-9-21-10-17-25(18-11-21)27(29,30)31/h10-11,15-20,22H,2-9,12-14H2,1H3. The highest BCUT2D eigenvalue weighted by Gasteiger charge is 2.30. The fourth-order valence-corrected chi connectivity index (χ4v) is 4.80. The largest absolute Gasteiger partial charge is 0.416 e. The van der Waals surface area contributed by atoms with E-state index in [9.17, 15) is 17.6 Å². The molecule has 1 aliphatic rings. The summed E-state index contributed by atoms with van der Waals surface area (Å²) in [4.78, 5) is 0. The zero-order chi connectivity index (χ0) is 22.3. The molecule has 0 heterocycles. The Hall–Kier alpha value is -1.84. The Labute approximate surface area is 184 Å².